The summed E-state index contributed by atoms with van der Waals surface area (Å²) in [5.41, 5.74) is 1.77. The molecule has 0 fully saturated rings. The van der Waals surface area contributed by atoms with Crippen LogP contribution in [0.15, 0.2) is 30.6 Å². The third-order valence-corrected chi connectivity index (χ3v) is 4.15. The van der Waals surface area contributed by atoms with E-state index in [9.17, 15) is 18.4 Å². The lowest BCUT2D eigenvalue weighted by Crippen LogP contribution is -2.07. The van der Waals surface area contributed by atoms with Crippen molar-refractivity contribution < 1.29 is 13.2 Å². The van der Waals surface area contributed by atoms with Crippen LogP contribution in [0.25, 0.3) is 33.5 Å². The first-order valence-corrected chi connectivity index (χ1v) is 7.48. The highest BCUT2D eigenvalue weighted by atomic mass is 35.5. The third kappa shape index (κ3) is 2.33. The van der Waals surface area contributed by atoms with E-state index in [1.807, 2.05) is 11.2 Å². The van der Waals surface area contributed by atoms with E-state index in [1.54, 1.807) is 24.4 Å². The summed E-state index contributed by atoms with van der Waals surface area (Å²) < 4.78 is 39.7. The molecule has 0 spiro atoms. The Kier molecular flexibility index (Phi) is 3.48. The Balaban J connectivity index is 2.09. The number of benzene rings is 1. The highest BCUT2D eigenvalue weighted by Crippen LogP contribution is 2.41. The molecule has 0 aliphatic carbocycles. The molecule has 0 bridgehead atoms. The van der Waals surface area contributed by atoms with E-state index in [0.29, 0.717) is 22.0 Å². The average Bonchev–Trinajstić information content (AvgIpc) is 3.32. The fourth-order valence-electron chi connectivity index (χ4n) is 2.76. The van der Waals surface area contributed by atoms with Crippen molar-refractivity contribution in [2.24, 2.45) is 0 Å². The van der Waals surface area contributed by atoms with Gasteiger partial charge in [0.15, 0.2) is 5.82 Å². The SMILES string of the molecule is N#Cc1cccc2c(-c3cn[nH]c3)c(-c3n[nH]c(C(F)(F)F)n3)n(Cl)c12. The quantitative estimate of drug-likeness (QED) is 0.556. The number of H-pyrrole nitrogens is 2. The summed E-state index contributed by atoms with van der Waals surface area (Å²) in [6.07, 6.45) is -1.63. The molecule has 3 heterocycles. The summed E-state index contributed by atoms with van der Waals surface area (Å²) in [4.78, 5) is 3.52. The van der Waals surface area contributed by atoms with Crippen molar-refractivity contribution in [3.8, 4) is 28.7 Å². The minimum Gasteiger partial charge on any atom is -0.285 e. The van der Waals surface area contributed by atoms with E-state index in [0.717, 1.165) is 4.09 Å². The smallest absolute Gasteiger partial charge is 0.285 e. The number of nitrogens with zero attached hydrogens (tertiary/aromatic N) is 5. The summed E-state index contributed by atoms with van der Waals surface area (Å²) in [6.45, 7) is 0. The minimum absolute atomic E-state index is 0.123. The molecule has 4 aromatic rings. The molecule has 0 saturated carbocycles. The van der Waals surface area contributed by atoms with Crippen LogP contribution in [0.4, 0.5) is 13.2 Å². The zero-order valence-electron chi connectivity index (χ0n) is 12.6. The lowest BCUT2D eigenvalue weighted by molar-refractivity contribution is -0.144. The molecule has 0 unspecified atom stereocenters. The van der Waals surface area contributed by atoms with Gasteiger partial charge in [-0.3, -0.25) is 10.2 Å². The highest BCUT2D eigenvalue weighted by Gasteiger charge is 2.36. The maximum atomic E-state index is 12.9. The monoisotopic (exact) mass is 377 g/mol. The summed E-state index contributed by atoms with van der Waals surface area (Å²) in [6, 6.07) is 6.94. The fraction of sp³-hybridized carbons (Fsp3) is 0.0667. The highest BCUT2D eigenvalue weighted by molar-refractivity contribution is 6.24. The Labute approximate surface area is 148 Å². The predicted octanol–water partition coefficient (Wildman–Crippen LogP) is 3.71. The Morgan fingerprint density at radius 1 is 1.27 bits per heavy atom. The van der Waals surface area contributed by atoms with Crippen molar-refractivity contribution in [3.05, 3.63) is 42.0 Å². The molecule has 0 saturated heterocycles. The van der Waals surface area contributed by atoms with Crippen LogP contribution < -0.4 is 0 Å². The molecule has 0 aliphatic heterocycles. The summed E-state index contributed by atoms with van der Waals surface area (Å²) in [7, 11) is 0. The lowest BCUT2D eigenvalue weighted by atomic mass is 10.0. The number of para-hydroxylation sites is 1. The maximum Gasteiger partial charge on any atom is 0.451 e. The van der Waals surface area contributed by atoms with E-state index in [1.165, 1.54) is 6.20 Å². The zero-order valence-corrected chi connectivity index (χ0v) is 13.4. The third-order valence-electron chi connectivity index (χ3n) is 3.81. The van der Waals surface area contributed by atoms with Gasteiger partial charge in [-0.05, 0) is 6.07 Å². The van der Waals surface area contributed by atoms with Crippen LogP contribution >= 0.6 is 11.8 Å². The molecule has 0 radical (unpaired) electrons. The minimum atomic E-state index is -4.68. The Morgan fingerprint density at radius 2 is 2.08 bits per heavy atom. The summed E-state index contributed by atoms with van der Waals surface area (Å²) in [5, 5.41) is 21.9. The lowest BCUT2D eigenvalue weighted by Gasteiger charge is -2.01. The van der Waals surface area contributed by atoms with E-state index in [4.69, 9.17) is 11.8 Å². The number of hydrogen-bond donors (Lipinski definition) is 2. The Morgan fingerprint density at radius 3 is 2.69 bits per heavy atom. The van der Waals surface area contributed by atoms with Gasteiger partial charge in [-0.2, -0.15) is 28.6 Å². The van der Waals surface area contributed by atoms with Gasteiger partial charge in [-0.15, -0.1) is 0 Å². The maximum absolute atomic E-state index is 12.9. The van der Waals surface area contributed by atoms with E-state index in [2.05, 4.69) is 20.3 Å². The fourth-order valence-corrected chi connectivity index (χ4v) is 3.10. The molecule has 7 nitrogen and oxygen atoms in total. The number of rotatable bonds is 2. The largest absolute Gasteiger partial charge is 0.451 e. The second-order valence-electron chi connectivity index (χ2n) is 5.31. The van der Waals surface area contributed by atoms with Crippen LogP contribution in [0.1, 0.15) is 11.4 Å². The first-order valence-electron chi connectivity index (χ1n) is 7.14. The van der Waals surface area contributed by atoms with Gasteiger partial charge in [0.2, 0.25) is 5.82 Å². The molecular formula is C15H7ClF3N7. The Bertz CT molecular complexity index is 1150. The molecule has 0 amide bonds. The van der Waals surface area contributed by atoms with E-state index >= 15 is 0 Å². The van der Waals surface area contributed by atoms with Crippen molar-refractivity contribution in [2.45, 2.75) is 6.18 Å². The molecule has 1 aromatic carbocycles. The van der Waals surface area contributed by atoms with E-state index in [-0.39, 0.29) is 17.1 Å². The van der Waals surface area contributed by atoms with Crippen molar-refractivity contribution >= 4 is 22.7 Å². The van der Waals surface area contributed by atoms with Crippen LogP contribution in [-0.2, 0) is 6.18 Å². The molecular weight excluding hydrogens is 371 g/mol. The van der Waals surface area contributed by atoms with Crippen LogP contribution in [0.3, 0.4) is 0 Å². The molecule has 3 aromatic heterocycles. The number of hydrogen-bond acceptors (Lipinski definition) is 4. The number of aromatic nitrogens is 6. The normalized spacial score (nSPS) is 11.8. The standard InChI is InChI=1S/C15H7ClF3N7/c16-26-11-7(4-20)2-1-3-9(11)10(8-5-21-22-6-8)12(26)13-23-14(25-24-13)15(17,18)19/h1-3,5-6H,(H,21,22)(H,23,24,25). The molecule has 130 valence electrons. The van der Waals surface area contributed by atoms with Crippen LogP contribution in [0.5, 0.6) is 0 Å². The zero-order chi connectivity index (χ0) is 18.5. The van der Waals surface area contributed by atoms with Crippen molar-refractivity contribution in [3.63, 3.8) is 0 Å². The topological polar surface area (TPSA) is 99.0 Å². The average molecular weight is 378 g/mol. The number of fused-ring (bicyclic) bond motifs is 1. The predicted molar refractivity (Wildman–Crippen MR) is 85.9 cm³/mol. The number of aromatic amines is 2. The second-order valence-corrected chi connectivity index (χ2v) is 5.65. The number of halogens is 4. The number of alkyl halides is 3. The molecule has 4 rings (SSSR count). The van der Waals surface area contributed by atoms with Gasteiger partial charge in [0.05, 0.1) is 17.3 Å². The summed E-state index contributed by atoms with van der Waals surface area (Å²) >= 11 is 6.38. The molecule has 0 aliphatic rings. The van der Waals surface area contributed by atoms with Gasteiger partial charge in [0, 0.05) is 34.5 Å². The van der Waals surface area contributed by atoms with Crippen molar-refractivity contribution in [1.82, 2.24) is 29.5 Å². The van der Waals surface area contributed by atoms with Gasteiger partial charge in [-0.1, -0.05) is 12.1 Å². The second kappa shape index (κ2) is 5.60. The van der Waals surface area contributed by atoms with Gasteiger partial charge in [0.25, 0.3) is 0 Å². The van der Waals surface area contributed by atoms with E-state index < -0.39 is 12.0 Å². The van der Waals surface area contributed by atoms with Crippen molar-refractivity contribution in [1.29, 1.82) is 5.26 Å². The molecule has 2 N–H and O–H groups in total. The van der Waals surface area contributed by atoms with Crippen molar-refractivity contribution in [2.75, 3.05) is 0 Å². The van der Waals surface area contributed by atoms with Crippen LogP contribution in [0, 0.1) is 11.3 Å². The molecule has 0 atom stereocenters. The van der Waals surface area contributed by atoms with Gasteiger partial charge in [0.1, 0.15) is 11.8 Å². The van der Waals surface area contributed by atoms with Gasteiger partial charge < -0.3 is 0 Å². The number of nitrogens with one attached hydrogen (secondary N) is 2. The van der Waals surface area contributed by atoms with Gasteiger partial charge >= 0.3 is 6.18 Å². The van der Waals surface area contributed by atoms with Crippen LogP contribution in [0.2, 0.25) is 0 Å². The first kappa shape index (κ1) is 16.2. The first-order chi connectivity index (χ1) is 12.4. The molecule has 26 heavy (non-hydrogen) atoms. The summed E-state index contributed by atoms with van der Waals surface area (Å²) in [5.74, 6) is -1.49. The van der Waals surface area contributed by atoms with Crippen LogP contribution in [-0.4, -0.2) is 29.5 Å². The Hall–Kier alpha value is -3.32. The number of nitriles is 1. The van der Waals surface area contributed by atoms with Gasteiger partial charge in [-0.25, -0.2) is 9.07 Å². The molecule has 11 heteroatoms.